The van der Waals surface area contributed by atoms with Crippen molar-refractivity contribution in [1.29, 1.82) is 0 Å². The second kappa shape index (κ2) is 8.52. The fourth-order valence-electron chi connectivity index (χ4n) is 7.05. The smallest absolute Gasteiger partial charge is 0.232 e. The molecule has 0 saturated heterocycles. The predicted molar refractivity (Wildman–Crippen MR) is 142 cm³/mol. The Morgan fingerprint density at radius 3 is 2.42 bits per heavy atom. The highest BCUT2D eigenvalue weighted by molar-refractivity contribution is 5.96. The molecule has 2 bridgehead atoms. The van der Waals surface area contributed by atoms with E-state index in [1.807, 2.05) is 6.20 Å². The van der Waals surface area contributed by atoms with Gasteiger partial charge in [0.2, 0.25) is 11.8 Å². The molecule has 3 aromatic rings. The van der Waals surface area contributed by atoms with E-state index in [4.69, 9.17) is 13.9 Å². The predicted octanol–water partition coefficient (Wildman–Crippen LogP) is 6.90. The molecule has 0 atom stereocenters. The van der Waals surface area contributed by atoms with E-state index in [0.717, 1.165) is 98.9 Å². The van der Waals surface area contributed by atoms with Gasteiger partial charge in [0.15, 0.2) is 17.5 Å². The quantitative estimate of drug-likeness (QED) is 0.326. The van der Waals surface area contributed by atoms with Crippen molar-refractivity contribution >= 4 is 11.6 Å². The summed E-state index contributed by atoms with van der Waals surface area (Å²) in [6.07, 6.45) is 16.3. The monoisotopic (exact) mass is 512 g/mol. The highest BCUT2D eigenvalue weighted by atomic mass is 16.5. The van der Waals surface area contributed by atoms with Crippen LogP contribution in [0.15, 0.2) is 39.4 Å². The van der Waals surface area contributed by atoms with Gasteiger partial charge in [-0.15, -0.1) is 0 Å². The van der Waals surface area contributed by atoms with Gasteiger partial charge in [-0.25, -0.2) is 4.98 Å². The van der Waals surface area contributed by atoms with Crippen LogP contribution in [0.2, 0.25) is 0 Å². The van der Waals surface area contributed by atoms with Crippen molar-refractivity contribution in [3.8, 4) is 11.3 Å². The van der Waals surface area contributed by atoms with E-state index in [1.165, 1.54) is 25.7 Å². The summed E-state index contributed by atoms with van der Waals surface area (Å²) >= 11 is 0. The fourth-order valence-corrected chi connectivity index (χ4v) is 7.05. The molecular weight excluding hydrogens is 476 g/mol. The van der Waals surface area contributed by atoms with Crippen molar-refractivity contribution in [3.05, 3.63) is 48.1 Å². The number of carbonyl (C=O) groups excluding carboxylic acids is 1. The van der Waals surface area contributed by atoms with Crippen LogP contribution in [0.1, 0.15) is 113 Å². The summed E-state index contributed by atoms with van der Waals surface area (Å²) in [7, 11) is 0. The maximum absolute atomic E-state index is 13.8. The molecule has 9 rings (SSSR count). The maximum atomic E-state index is 13.8. The first-order valence-corrected chi connectivity index (χ1v) is 14.8. The number of rotatable bonds is 8. The molecule has 7 nitrogen and oxygen atoms in total. The summed E-state index contributed by atoms with van der Waals surface area (Å²) in [5.41, 5.74) is 2.18. The van der Waals surface area contributed by atoms with E-state index < -0.39 is 0 Å². The molecule has 6 aliphatic rings. The largest absolute Gasteiger partial charge is 0.440 e. The van der Waals surface area contributed by atoms with Gasteiger partial charge in [-0.2, -0.15) is 4.98 Å². The van der Waals surface area contributed by atoms with Crippen LogP contribution in [-0.2, 0) is 10.2 Å². The minimum atomic E-state index is 0.0379. The van der Waals surface area contributed by atoms with Gasteiger partial charge >= 0.3 is 0 Å². The number of nitrogens with zero attached hydrogens (tertiary/aromatic N) is 4. The third kappa shape index (κ3) is 3.92. The van der Waals surface area contributed by atoms with Gasteiger partial charge in [-0.1, -0.05) is 23.7 Å². The third-order valence-electron chi connectivity index (χ3n) is 10.3. The Kier molecular flexibility index (Phi) is 5.15. The first kappa shape index (κ1) is 23.0. The number of hydrogen-bond acceptors (Lipinski definition) is 6. The summed E-state index contributed by atoms with van der Waals surface area (Å²) in [6.45, 7) is 0.794. The van der Waals surface area contributed by atoms with Crippen LogP contribution < -0.4 is 4.90 Å². The zero-order valence-corrected chi connectivity index (χ0v) is 22.0. The molecule has 1 aromatic carbocycles. The third-order valence-corrected chi connectivity index (χ3v) is 10.3. The van der Waals surface area contributed by atoms with Gasteiger partial charge in [-0.3, -0.25) is 4.79 Å². The van der Waals surface area contributed by atoms with Crippen molar-refractivity contribution in [1.82, 2.24) is 15.1 Å². The minimum absolute atomic E-state index is 0.0379. The summed E-state index contributed by atoms with van der Waals surface area (Å²) in [5, 5.41) is 4.32. The van der Waals surface area contributed by atoms with Crippen molar-refractivity contribution in [2.75, 3.05) is 11.4 Å². The molecule has 0 N–H and O–H groups in total. The lowest BCUT2D eigenvalue weighted by molar-refractivity contribution is -0.125. The molecule has 1 amide bonds. The summed E-state index contributed by atoms with van der Waals surface area (Å²) in [5.74, 6) is 4.91. The second-order valence-electron chi connectivity index (χ2n) is 13.0. The van der Waals surface area contributed by atoms with E-state index in [2.05, 4.69) is 39.3 Å². The number of amides is 1. The highest BCUT2D eigenvalue weighted by Crippen LogP contribution is 2.58. The van der Waals surface area contributed by atoms with Crippen LogP contribution in [0.25, 0.3) is 11.3 Å². The number of fused-ring (bicyclic) bond motifs is 3. The number of anilines is 1. The van der Waals surface area contributed by atoms with Crippen molar-refractivity contribution < 1.29 is 13.7 Å². The van der Waals surface area contributed by atoms with E-state index in [9.17, 15) is 4.79 Å². The minimum Gasteiger partial charge on any atom is -0.440 e. The van der Waals surface area contributed by atoms with Crippen molar-refractivity contribution in [2.24, 2.45) is 11.3 Å². The lowest BCUT2D eigenvalue weighted by Crippen LogP contribution is -2.52. The average molecular weight is 513 g/mol. The van der Waals surface area contributed by atoms with Crippen molar-refractivity contribution in [3.63, 3.8) is 0 Å². The maximum Gasteiger partial charge on any atom is 0.232 e. The first-order chi connectivity index (χ1) is 18.6. The van der Waals surface area contributed by atoms with Crippen LogP contribution in [0.5, 0.6) is 0 Å². The second-order valence-corrected chi connectivity index (χ2v) is 13.0. The molecule has 6 fully saturated rings. The zero-order valence-electron chi connectivity index (χ0n) is 22.0. The normalized spacial score (nSPS) is 28.8. The molecule has 6 saturated carbocycles. The van der Waals surface area contributed by atoms with Crippen LogP contribution in [0.3, 0.4) is 0 Å². The lowest BCUT2D eigenvalue weighted by atomic mass is 9.53. The standard InChI is InChI=1S/C31H36N4O3/c36-28(22-3-1-4-22)35(24-6-2-5-23(17-24)25-18-32-27(37-25)21-9-10-21)19-30-11-14-31(15-12-30,16-13-30)29-33-26(34-38-29)20-7-8-20/h2,5-6,17-18,20-22H,1,3-4,7-16,19H2. The molecular formula is C31H36N4O3. The highest BCUT2D eigenvalue weighted by Gasteiger charge is 2.53. The van der Waals surface area contributed by atoms with Crippen LogP contribution >= 0.6 is 0 Å². The molecule has 0 radical (unpaired) electrons. The van der Waals surface area contributed by atoms with Crippen LogP contribution in [-0.4, -0.2) is 27.6 Å². The molecule has 0 spiro atoms. The molecule has 198 valence electrons. The number of benzene rings is 1. The molecule has 38 heavy (non-hydrogen) atoms. The summed E-state index contributed by atoms with van der Waals surface area (Å²) < 4.78 is 11.9. The van der Waals surface area contributed by atoms with Crippen molar-refractivity contribution in [2.45, 2.75) is 101 Å². The fraction of sp³-hybridized carbons (Fsp3) is 0.613. The zero-order chi connectivity index (χ0) is 25.3. The first-order valence-electron chi connectivity index (χ1n) is 14.8. The van der Waals surface area contributed by atoms with Gasteiger partial charge in [-0.05, 0) is 94.6 Å². The van der Waals surface area contributed by atoms with Crippen LogP contribution in [0.4, 0.5) is 5.69 Å². The van der Waals surface area contributed by atoms with E-state index in [0.29, 0.717) is 17.7 Å². The molecule has 0 unspecified atom stereocenters. The Hall–Kier alpha value is -2.96. The number of oxazole rings is 1. The molecule has 7 heteroatoms. The SMILES string of the molecule is O=C(C1CCC1)N(CC12CCC(c3nc(C4CC4)no3)(CC1)CC2)c1cccc(-c2cnc(C3CC3)o2)c1. The Morgan fingerprint density at radius 2 is 1.74 bits per heavy atom. The summed E-state index contributed by atoms with van der Waals surface area (Å²) in [6, 6.07) is 8.37. The number of hydrogen-bond donors (Lipinski definition) is 0. The topological polar surface area (TPSA) is 85.3 Å². The molecule has 2 aromatic heterocycles. The van der Waals surface area contributed by atoms with E-state index in [-0.39, 0.29) is 16.7 Å². The number of aromatic nitrogens is 3. The van der Waals surface area contributed by atoms with Crippen LogP contribution in [0, 0.1) is 11.3 Å². The number of carbonyl (C=O) groups is 1. The van der Waals surface area contributed by atoms with Gasteiger partial charge in [0.1, 0.15) is 0 Å². The Labute approximate surface area is 223 Å². The Bertz CT molecular complexity index is 1340. The average Bonchev–Trinajstić information content (AvgIpc) is 3.86. The lowest BCUT2D eigenvalue weighted by Gasteiger charge is -2.53. The van der Waals surface area contributed by atoms with Gasteiger partial charge in [0.25, 0.3) is 0 Å². The Morgan fingerprint density at radius 1 is 0.974 bits per heavy atom. The van der Waals surface area contributed by atoms with Gasteiger partial charge in [0.05, 0.1) is 6.20 Å². The summed E-state index contributed by atoms with van der Waals surface area (Å²) in [4.78, 5) is 25.3. The Balaban J connectivity index is 1.05. The molecule has 2 heterocycles. The van der Waals surface area contributed by atoms with E-state index in [1.54, 1.807) is 0 Å². The molecule has 6 aliphatic carbocycles. The van der Waals surface area contributed by atoms with Gasteiger partial charge < -0.3 is 13.8 Å². The van der Waals surface area contributed by atoms with Gasteiger partial charge in [0, 0.05) is 41.0 Å². The van der Waals surface area contributed by atoms with E-state index >= 15 is 0 Å². The molecule has 0 aliphatic heterocycles.